The highest BCUT2D eigenvalue weighted by molar-refractivity contribution is 5.76. The van der Waals surface area contributed by atoms with Crippen LogP contribution < -0.4 is 0 Å². The summed E-state index contributed by atoms with van der Waals surface area (Å²) in [7, 11) is 0. The van der Waals surface area contributed by atoms with Crippen molar-refractivity contribution in [2.75, 3.05) is 6.61 Å². The largest absolute Gasteiger partial charge is 0.481 e. The smallest absolute Gasteiger partial charge is 0.310 e. The van der Waals surface area contributed by atoms with Crippen LogP contribution in [0.4, 0.5) is 0 Å². The third-order valence-corrected chi connectivity index (χ3v) is 16.8. The van der Waals surface area contributed by atoms with E-state index < -0.39 is 11.4 Å². The van der Waals surface area contributed by atoms with Crippen molar-refractivity contribution in [2.24, 2.45) is 56.7 Å². The van der Waals surface area contributed by atoms with E-state index in [0.29, 0.717) is 35.2 Å². The number of ether oxygens (including phenoxy) is 1. The molecule has 5 rings (SSSR count). The standard InChI is InChI=1S/C46H78O3/c1-9-10-11-12-13-14-15-16-17-18-19-20-21-22-33-49-39-27-28-43(6)37(42(39,4)5)26-29-45(8)38(43)24-23-36-40-35(3)34(2)25-30-46(40,41(47)48)32-31-44(36,45)7/h14-15,23,34-35,37-40H,9-13,16-22,24-33H2,1-8H3,(H,47,48)/t34-,35+,37?,38-,39+,40+,43+,44-,45-,46+/m1/s1. The van der Waals surface area contributed by atoms with Crippen molar-refractivity contribution in [1.82, 2.24) is 0 Å². The van der Waals surface area contributed by atoms with Gasteiger partial charge in [-0.25, -0.2) is 0 Å². The van der Waals surface area contributed by atoms with Crippen LogP contribution in [0, 0.1) is 56.7 Å². The lowest BCUT2D eigenvalue weighted by atomic mass is 9.33. The summed E-state index contributed by atoms with van der Waals surface area (Å²) < 4.78 is 6.80. The lowest BCUT2D eigenvalue weighted by Crippen LogP contribution is -2.65. The predicted octanol–water partition coefficient (Wildman–Crippen LogP) is 13.4. The number of hydrogen-bond acceptors (Lipinski definition) is 2. The Labute approximate surface area is 303 Å². The SMILES string of the molecule is CCCCCCC=CCCCCCCCCO[C@H]1CC[C@@]2(C)C(CC[C@]3(C)[C@@H]2CC=C2[C@@H]4[C@@H](C)[C@H](C)CC[C@]4(C(=O)O)CC[C@]23C)C1(C)C. The maximum absolute atomic E-state index is 13.0. The van der Waals surface area contributed by atoms with Crippen molar-refractivity contribution in [3.63, 3.8) is 0 Å². The van der Waals surface area contributed by atoms with Crippen LogP contribution in [-0.4, -0.2) is 23.8 Å². The first kappa shape index (κ1) is 39.1. The van der Waals surface area contributed by atoms with E-state index in [1.165, 1.54) is 103 Å². The molecule has 49 heavy (non-hydrogen) atoms. The van der Waals surface area contributed by atoms with Crippen LogP contribution in [0.3, 0.4) is 0 Å². The third kappa shape index (κ3) is 7.17. The van der Waals surface area contributed by atoms with Gasteiger partial charge in [-0.2, -0.15) is 0 Å². The number of allylic oxidation sites excluding steroid dienone is 4. The highest BCUT2D eigenvalue weighted by atomic mass is 16.5. The first-order chi connectivity index (χ1) is 23.3. The van der Waals surface area contributed by atoms with Gasteiger partial charge in [0.2, 0.25) is 0 Å². The van der Waals surface area contributed by atoms with Gasteiger partial charge >= 0.3 is 5.97 Å². The summed E-state index contributed by atoms with van der Waals surface area (Å²) in [5, 5.41) is 10.7. The average molecular weight is 679 g/mol. The van der Waals surface area contributed by atoms with Crippen molar-refractivity contribution in [3.05, 3.63) is 23.8 Å². The molecule has 0 spiro atoms. The molecular weight excluding hydrogens is 601 g/mol. The highest BCUT2D eigenvalue weighted by Gasteiger charge is 2.69. The fourth-order valence-electron chi connectivity index (χ4n) is 13.4. The molecule has 0 saturated heterocycles. The number of fused-ring (bicyclic) bond motifs is 7. The molecule has 0 aromatic rings. The Morgan fingerprint density at radius 3 is 2.12 bits per heavy atom. The Balaban J connectivity index is 1.14. The monoisotopic (exact) mass is 679 g/mol. The molecule has 280 valence electrons. The highest BCUT2D eigenvalue weighted by Crippen LogP contribution is 2.75. The zero-order valence-corrected chi connectivity index (χ0v) is 33.5. The molecule has 3 heteroatoms. The molecule has 0 aromatic heterocycles. The molecule has 0 amide bonds. The fourth-order valence-corrected chi connectivity index (χ4v) is 13.4. The van der Waals surface area contributed by atoms with Gasteiger partial charge in [0.25, 0.3) is 0 Å². The van der Waals surface area contributed by atoms with Crippen LogP contribution >= 0.6 is 0 Å². The first-order valence-electron chi connectivity index (χ1n) is 21.5. The van der Waals surface area contributed by atoms with Crippen LogP contribution in [0.2, 0.25) is 0 Å². The van der Waals surface area contributed by atoms with E-state index in [1.54, 1.807) is 5.57 Å². The quantitative estimate of drug-likeness (QED) is 0.131. The maximum Gasteiger partial charge on any atom is 0.310 e. The summed E-state index contributed by atoms with van der Waals surface area (Å²) in [4.78, 5) is 13.0. The van der Waals surface area contributed by atoms with E-state index in [1.807, 2.05) is 0 Å². The Hall–Kier alpha value is -1.09. The van der Waals surface area contributed by atoms with Crippen LogP contribution in [-0.2, 0) is 9.53 Å². The van der Waals surface area contributed by atoms with Gasteiger partial charge in [-0.1, -0.05) is 124 Å². The van der Waals surface area contributed by atoms with Gasteiger partial charge in [-0.05, 0) is 141 Å². The molecule has 1 unspecified atom stereocenters. The summed E-state index contributed by atoms with van der Waals surface area (Å²) in [6, 6.07) is 0. The molecule has 4 saturated carbocycles. The normalized spacial score (nSPS) is 41.3. The van der Waals surface area contributed by atoms with E-state index in [9.17, 15) is 9.90 Å². The molecule has 5 aliphatic carbocycles. The van der Waals surface area contributed by atoms with E-state index in [4.69, 9.17) is 4.74 Å². The molecule has 0 aromatic carbocycles. The zero-order valence-electron chi connectivity index (χ0n) is 33.5. The van der Waals surface area contributed by atoms with Gasteiger partial charge in [0, 0.05) is 6.61 Å². The Morgan fingerprint density at radius 2 is 1.45 bits per heavy atom. The number of carboxylic acid groups (broad SMARTS) is 1. The van der Waals surface area contributed by atoms with Crippen LogP contribution in [0.25, 0.3) is 0 Å². The summed E-state index contributed by atoms with van der Waals surface area (Å²) in [5.41, 5.74) is 1.81. The van der Waals surface area contributed by atoms with E-state index in [-0.39, 0.29) is 22.2 Å². The first-order valence-corrected chi connectivity index (χ1v) is 21.5. The molecule has 0 radical (unpaired) electrons. The second-order valence-electron chi connectivity index (χ2n) is 19.6. The van der Waals surface area contributed by atoms with Gasteiger partial charge < -0.3 is 9.84 Å². The van der Waals surface area contributed by atoms with Crippen LogP contribution in [0.1, 0.15) is 190 Å². The lowest BCUT2D eigenvalue weighted by Gasteiger charge is -2.71. The predicted molar refractivity (Wildman–Crippen MR) is 207 cm³/mol. The number of carbonyl (C=O) groups is 1. The van der Waals surface area contributed by atoms with Crippen molar-refractivity contribution >= 4 is 5.97 Å². The topological polar surface area (TPSA) is 46.5 Å². The minimum Gasteiger partial charge on any atom is -0.481 e. The molecule has 0 bridgehead atoms. The van der Waals surface area contributed by atoms with Gasteiger partial charge in [0.15, 0.2) is 0 Å². The summed E-state index contributed by atoms with van der Waals surface area (Å²) in [6.07, 6.45) is 33.7. The van der Waals surface area contributed by atoms with E-state index in [2.05, 4.69) is 73.6 Å². The molecular formula is C46H78O3. The molecule has 4 fully saturated rings. The number of carboxylic acids is 1. The number of unbranched alkanes of at least 4 members (excludes halogenated alkanes) is 10. The Kier molecular flexibility index (Phi) is 12.7. The van der Waals surface area contributed by atoms with Gasteiger partial charge in [0.1, 0.15) is 0 Å². The lowest BCUT2D eigenvalue weighted by molar-refractivity contribution is -0.213. The average Bonchev–Trinajstić information content (AvgIpc) is 3.05. The minimum absolute atomic E-state index is 0.0981. The molecule has 0 heterocycles. The maximum atomic E-state index is 13.0. The number of rotatable bonds is 16. The van der Waals surface area contributed by atoms with Gasteiger partial charge in [0.05, 0.1) is 11.5 Å². The molecule has 10 atom stereocenters. The molecule has 0 aliphatic heterocycles. The summed E-state index contributed by atoms with van der Waals surface area (Å²) in [5.74, 6) is 2.04. The minimum atomic E-state index is -0.552. The zero-order chi connectivity index (χ0) is 35.5. The number of hydrogen-bond donors (Lipinski definition) is 1. The second kappa shape index (κ2) is 15.9. The van der Waals surface area contributed by atoms with Crippen molar-refractivity contribution in [1.29, 1.82) is 0 Å². The third-order valence-electron chi connectivity index (χ3n) is 16.8. The van der Waals surface area contributed by atoms with Crippen LogP contribution in [0.15, 0.2) is 23.8 Å². The molecule has 5 aliphatic rings. The number of aliphatic carboxylic acids is 1. The Morgan fingerprint density at radius 1 is 0.796 bits per heavy atom. The van der Waals surface area contributed by atoms with Crippen molar-refractivity contribution < 1.29 is 14.6 Å². The van der Waals surface area contributed by atoms with E-state index in [0.717, 1.165) is 38.7 Å². The summed E-state index contributed by atoms with van der Waals surface area (Å²) >= 11 is 0. The van der Waals surface area contributed by atoms with Crippen molar-refractivity contribution in [2.45, 2.75) is 196 Å². The molecule has 1 N–H and O–H groups in total. The molecule has 3 nitrogen and oxygen atoms in total. The summed E-state index contributed by atoms with van der Waals surface area (Å²) in [6.45, 7) is 21.0. The van der Waals surface area contributed by atoms with Crippen LogP contribution in [0.5, 0.6) is 0 Å². The fraction of sp³-hybridized carbons (Fsp3) is 0.891. The van der Waals surface area contributed by atoms with Crippen molar-refractivity contribution in [3.8, 4) is 0 Å². The van der Waals surface area contributed by atoms with Gasteiger partial charge in [-0.3, -0.25) is 4.79 Å². The second-order valence-corrected chi connectivity index (χ2v) is 19.6. The Bertz CT molecular complexity index is 1170. The van der Waals surface area contributed by atoms with Gasteiger partial charge in [-0.15, -0.1) is 0 Å². The van der Waals surface area contributed by atoms with E-state index >= 15 is 0 Å².